The maximum atomic E-state index is 5.71. The lowest BCUT2D eigenvalue weighted by molar-refractivity contribution is 0.287. The van der Waals surface area contributed by atoms with Crippen LogP contribution in [-0.4, -0.2) is 13.2 Å². The van der Waals surface area contributed by atoms with E-state index in [0.717, 1.165) is 48.3 Å². The Hall–Kier alpha value is -2.12. The van der Waals surface area contributed by atoms with Crippen molar-refractivity contribution in [2.75, 3.05) is 13.2 Å². The molecule has 0 amide bonds. The highest BCUT2D eigenvalue weighted by Crippen LogP contribution is 2.16. The first-order valence-corrected chi connectivity index (χ1v) is 9.04. The molecule has 6 heteroatoms. The molecule has 0 saturated carbocycles. The van der Waals surface area contributed by atoms with Crippen LogP contribution in [0.5, 0.6) is 11.5 Å². The summed E-state index contributed by atoms with van der Waals surface area (Å²) in [6.07, 6.45) is 3.36. The average Bonchev–Trinajstić information content (AvgIpc) is 2.64. The molecule has 2 rings (SSSR count). The predicted octanol–water partition coefficient (Wildman–Crippen LogP) is 2.54. The summed E-state index contributed by atoms with van der Waals surface area (Å²) >= 11 is 0. The molecule has 2 aromatic rings. The number of nitrogens with two attached hydrogens (primary N) is 4. The Labute approximate surface area is 155 Å². The molecule has 6 nitrogen and oxygen atoms in total. The number of unbranched alkanes of at least 4 members (excludes halogenated alkanes) is 3. The summed E-state index contributed by atoms with van der Waals surface area (Å²) in [5.41, 5.74) is 24.3. The van der Waals surface area contributed by atoms with E-state index in [2.05, 4.69) is 0 Å². The topological polar surface area (TPSA) is 123 Å². The molecular formula is C20H30N4O2. The van der Waals surface area contributed by atoms with Crippen LogP contribution in [-0.2, 0) is 0 Å². The summed E-state index contributed by atoms with van der Waals surface area (Å²) in [6.45, 7) is 1.41. The molecule has 0 unspecified atom stereocenters. The monoisotopic (exact) mass is 358 g/mol. The fraction of sp³-hybridized carbons (Fsp3) is 0.400. The molecule has 0 aliphatic rings. The minimum absolute atomic E-state index is 0.442. The van der Waals surface area contributed by atoms with Gasteiger partial charge in [-0.05, 0) is 61.1 Å². The Bertz CT molecular complexity index is 570. The maximum absolute atomic E-state index is 5.71. The lowest BCUT2D eigenvalue weighted by Gasteiger charge is -2.10. The van der Waals surface area contributed by atoms with E-state index in [1.54, 1.807) is 0 Å². The third-order valence-corrected chi connectivity index (χ3v) is 4.11. The molecule has 0 aliphatic heterocycles. The zero-order valence-corrected chi connectivity index (χ0v) is 15.1. The molecule has 0 aliphatic carbocycles. The number of hydrogen-bond donors (Lipinski definition) is 4. The second kappa shape index (κ2) is 10.8. The van der Waals surface area contributed by atoms with E-state index in [-0.39, 0.29) is 0 Å². The van der Waals surface area contributed by atoms with E-state index in [0.29, 0.717) is 13.2 Å². The lowest BCUT2D eigenvalue weighted by Crippen LogP contribution is -2.19. The molecule has 2 aromatic carbocycles. The minimum atomic E-state index is -0.442. The van der Waals surface area contributed by atoms with Crippen LogP contribution in [0.15, 0.2) is 48.5 Å². The third-order valence-electron chi connectivity index (χ3n) is 4.11. The summed E-state index contributed by atoms with van der Waals surface area (Å²) < 4.78 is 11.4. The number of rotatable bonds is 11. The van der Waals surface area contributed by atoms with E-state index in [9.17, 15) is 0 Å². The van der Waals surface area contributed by atoms with E-state index in [1.807, 2.05) is 48.5 Å². The first-order valence-electron chi connectivity index (χ1n) is 9.04. The molecule has 0 atom stereocenters. The summed E-state index contributed by atoms with van der Waals surface area (Å²) in [7, 11) is 0. The largest absolute Gasteiger partial charge is 0.494 e. The Morgan fingerprint density at radius 3 is 1.19 bits per heavy atom. The van der Waals surface area contributed by atoms with Gasteiger partial charge >= 0.3 is 0 Å². The lowest BCUT2D eigenvalue weighted by atomic mass is 10.2. The van der Waals surface area contributed by atoms with Crippen LogP contribution in [0.4, 0.5) is 0 Å². The molecular weight excluding hydrogens is 328 g/mol. The number of hydrogen-bond acceptors (Lipinski definition) is 6. The van der Waals surface area contributed by atoms with Gasteiger partial charge in [0.25, 0.3) is 0 Å². The van der Waals surface area contributed by atoms with Crippen molar-refractivity contribution in [1.82, 2.24) is 0 Å². The minimum Gasteiger partial charge on any atom is -0.494 e. The van der Waals surface area contributed by atoms with Crippen molar-refractivity contribution >= 4 is 0 Å². The first kappa shape index (κ1) is 20.2. The quantitative estimate of drug-likeness (QED) is 0.362. The van der Waals surface area contributed by atoms with Crippen molar-refractivity contribution in [3.05, 3.63) is 59.7 Å². The molecule has 0 heterocycles. The molecule has 26 heavy (non-hydrogen) atoms. The summed E-state index contributed by atoms with van der Waals surface area (Å²) in [5.74, 6) is 1.69. The normalized spacial score (nSPS) is 11.2. The van der Waals surface area contributed by atoms with Gasteiger partial charge in [0.15, 0.2) is 0 Å². The molecule has 0 fully saturated rings. The van der Waals surface area contributed by atoms with Gasteiger partial charge < -0.3 is 32.4 Å². The first-order chi connectivity index (χ1) is 12.6. The van der Waals surface area contributed by atoms with Gasteiger partial charge in [-0.2, -0.15) is 0 Å². The zero-order chi connectivity index (χ0) is 18.8. The zero-order valence-electron chi connectivity index (χ0n) is 15.1. The van der Waals surface area contributed by atoms with E-state index >= 15 is 0 Å². The van der Waals surface area contributed by atoms with Gasteiger partial charge in [-0.3, -0.25) is 0 Å². The summed E-state index contributed by atoms with van der Waals surface area (Å²) in [4.78, 5) is 0. The van der Waals surface area contributed by atoms with Crippen molar-refractivity contribution in [2.24, 2.45) is 22.9 Å². The SMILES string of the molecule is NC(N)c1ccc(OCCCCCCOc2ccc(C(N)N)cc2)cc1. The fourth-order valence-corrected chi connectivity index (χ4v) is 2.51. The Balaban J connectivity index is 1.51. The van der Waals surface area contributed by atoms with Gasteiger partial charge in [-0.1, -0.05) is 24.3 Å². The van der Waals surface area contributed by atoms with Gasteiger partial charge in [0.1, 0.15) is 11.5 Å². The van der Waals surface area contributed by atoms with Crippen LogP contribution in [0.2, 0.25) is 0 Å². The molecule has 0 bridgehead atoms. The van der Waals surface area contributed by atoms with Crippen LogP contribution in [0.3, 0.4) is 0 Å². The van der Waals surface area contributed by atoms with Gasteiger partial charge in [-0.15, -0.1) is 0 Å². The predicted molar refractivity (Wildman–Crippen MR) is 105 cm³/mol. The smallest absolute Gasteiger partial charge is 0.119 e. The fourth-order valence-electron chi connectivity index (χ4n) is 2.51. The molecule has 142 valence electrons. The van der Waals surface area contributed by atoms with E-state index in [1.165, 1.54) is 0 Å². The highest BCUT2D eigenvalue weighted by atomic mass is 16.5. The molecule has 0 spiro atoms. The second-order valence-corrected chi connectivity index (χ2v) is 6.30. The van der Waals surface area contributed by atoms with Crippen molar-refractivity contribution < 1.29 is 9.47 Å². The van der Waals surface area contributed by atoms with E-state index < -0.39 is 12.3 Å². The number of benzene rings is 2. The van der Waals surface area contributed by atoms with Crippen molar-refractivity contribution in [3.63, 3.8) is 0 Å². The van der Waals surface area contributed by atoms with Crippen LogP contribution in [0.1, 0.15) is 49.1 Å². The van der Waals surface area contributed by atoms with Crippen molar-refractivity contribution in [2.45, 2.75) is 38.0 Å². The standard InChI is InChI=1S/C20H30N4O2/c21-19(22)15-5-9-17(10-6-15)25-13-3-1-2-4-14-26-18-11-7-16(8-12-18)20(23)24/h5-12,19-20H,1-4,13-14,21-24H2. The Kier molecular flexibility index (Phi) is 8.37. The maximum Gasteiger partial charge on any atom is 0.119 e. The highest BCUT2D eigenvalue weighted by Gasteiger charge is 2.01. The summed E-state index contributed by atoms with van der Waals surface area (Å²) in [5, 5.41) is 0. The Morgan fingerprint density at radius 2 is 0.885 bits per heavy atom. The van der Waals surface area contributed by atoms with Crippen LogP contribution in [0.25, 0.3) is 0 Å². The van der Waals surface area contributed by atoms with Gasteiger partial charge in [0.2, 0.25) is 0 Å². The molecule has 0 saturated heterocycles. The van der Waals surface area contributed by atoms with E-state index in [4.69, 9.17) is 32.4 Å². The van der Waals surface area contributed by atoms with Crippen molar-refractivity contribution in [3.8, 4) is 11.5 Å². The van der Waals surface area contributed by atoms with Crippen LogP contribution in [0, 0.1) is 0 Å². The van der Waals surface area contributed by atoms with Crippen molar-refractivity contribution in [1.29, 1.82) is 0 Å². The molecule has 8 N–H and O–H groups in total. The average molecular weight is 358 g/mol. The molecule has 0 aromatic heterocycles. The van der Waals surface area contributed by atoms with Gasteiger partial charge in [0, 0.05) is 0 Å². The second-order valence-electron chi connectivity index (χ2n) is 6.30. The van der Waals surface area contributed by atoms with Crippen LogP contribution >= 0.6 is 0 Å². The van der Waals surface area contributed by atoms with Gasteiger partial charge in [-0.25, -0.2) is 0 Å². The Morgan fingerprint density at radius 1 is 0.538 bits per heavy atom. The molecule has 0 radical (unpaired) electrons. The number of ether oxygens (including phenoxy) is 2. The third kappa shape index (κ3) is 7.01. The van der Waals surface area contributed by atoms with Gasteiger partial charge in [0.05, 0.1) is 25.5 Å². The summed E-state index contributed by atoms with van der Waals surface area (Å²) in [6, 6.07) is 15.2. The highest BCUT2D eigenvalue weighted by molar-refractivity contribution is 5.29. The van der Waals surface area contributed by atoms with Crippen LogP contribution < -0.4 is 32.4 Å².